The lowest BCUT2D eigenvalue weighted by molar-refractivity contribution is -0.125. The molecule has 0 aliphatic carbocycles. The third kappa shape index (κ3) is 3.19. The van der Waals surface area contributed by atoms with Crippen LogP contribution in [0.15, 0.2) is 0 Å². The van der Waals surface area contributed by atoms with Crippen molar-refractivity contribution in [1.29, 1.82) is 0 Å². The SMILES string of the molecule is CC(C)(C)OC(=O)N1[C@H](C(C)(C)C)NC(=O)C1(C)C. The third-order valence-electron chi connectivity index (χ3n) is 3.09. The van der Waals surface area contributed by atoms with Crippen molar-refractivity contribution in [3.05, 3.63) is 0 Å². The average Bonchev–Trinajstić information content (AvgIpc) is 2.34. The molecule has 1 atom stereocenters. The molecular weight excluding hydrogens is 244 g/mol. The summed E-state index contributed by atoms with van der Waals surface area (Å²) >= 11 is 0. The summed E-state index contributed by atoms with van der Waals surface area (Å²) < 4.78 is 5.43. The summed E-state index contributed by atoms with van der Waals surface area (Å²) in [7, 11) is 0. The highest BCUT2D eigenvalue weighted by molar-refractivity contribution is 5.92. The Balaban J connectivity index is 3.11. The average molecular weight is 270 g/mol. The number of carbonyl (C=O) groups excluding carboxylic acids is 2. The molecule has 0 bridgehead atoms. The van der Waals surface area contributed by atoms with Crippen LogP contribution in [0.2, 0.25) is 0 Å². The molecule has 2 amide bonds. The van der Waals surface area contributed by atoms with E-state index in [-0.39, 0.29) is 17.5 Å². The Bertz CT molecular complexity index is 388. The molecule has 1 heterocycles. The van der Waals surface area contributed by atoms with E-state index in [1.54, 1.807) is 13.8 Å². The van der Waals surface area contributed by atoms with Gasteiger partial charge in [-0.15, -0.1) is 0 Å². The third-order valence-corrected chi connectivity index (χ3v) is 3.09. The van der Waals surface area contributed by atoms with E-state index < -0.39 is 17.2 Å². The molecule has 0 aromatic heterocycles. The molecule has 0 saturated carbocycles. The van der Waals surface area contributed by atoms with Gasteiger partial charge in [0.15, 0.2) is 0 Å². The van der Waals surface area contributed by atoms with Gasteiger partial charge in [-0.05, 0) is 34.6 Å². The first-order valence-electron chi connectivity index (χ1n) is 6.60. The van der Waals surface area contributed by atoms with Gasteiger partial charge in [-0.2, -0.15) is 0 Å². The van der Waals surface area contributed by atoms with Crippen LogP contribution < -0.4 is 5.32 Å². The highest BCUT2D eigenvalue weighted by Gasteiger charge is 2.53. The van der Waals surface area contributed by atoms with Crippen molar-refractivity contribution < 1.29 is 14.3 Å². The molecular formula is C14H26N2O3. The van der Waals surface area contributed by atoms with Crippen LogP contribution >= 0.6 is 0 Å². The van der Waals surface area contributed by atoms with Gasteiger partial charge in [0.05, 0.1) is 0 Å². The molecule has 0 aromatic carbocycles. The van der Waals surface area contributed by atoms with E-state index in [1.807, 2.05) is 41.5 Å². The van der Waals surface area contributed by atoms with Gasteiger partial charge < -0.3 is 10.1 Å². The van der Waals surface area contributed by atoms with E-state index in [0.29, 0.717) is 0 Å². The van der Waals surface area contributed by atoms with Crippen LogP contribution in [0.4, 0.5) is 4.79 Å². The minimum absolute atomic E-state index is 0.154. The number of nitrogens with one attached hydrogen (secondary N) is 1. The molecule has 1 saturated heterocycles. The second kappa shape index (κ2) is 4.39. The van der Waals surface area contributed by atoms with Gasteiger partial charge in [0.2, 0.25) is 5.91 Å². The Labute approximate surface area is 115 Å². The summed E-state index contributed by atoms with van der Waals surface area (Å²) in [6.45, 7) is 14.9. The van der Waals surface area contributed by atoms with Crippen LogP contribution in [0.25, 0.3) is 0 Å². The minimum Gasteiger partial charge on any atom is -0.444 e. The van der Waals surface area contributed by atoms with Crippen LogP contribution in [0.5, 0.6) is 0 Å². The van der Waals surface area contributed by atoms with Crippen molar-refractivity contribution in [2.75, 3.05) is 0 Å². The maximum absolute atomic E-state index is 12.4. The topological polar surface area (TPSA) is 58.6 Å². The summed E-state index contributed by atoms with van der Waals surface area (Å²) in [6.07, 6.45) is -0.833. The van der Waals surface area contributed by atoms with E-state index in [0.717, 1.165) is 0 Å². The molecule has 1 rings (SSSR count). The zero-order valence-electron chi connectivity index (χ0n) is 13.2. The van der Waals surface area contributed by atoms with Gasteiger partial charge in [-0.1, -0.05) is 20.8 Å². The molecule has 5 nitrogen and oxygen atoms in total. The number of carbonyl (C=O) groups is 2. The fourth-order valence-electron chi connectivity index (χ4n) is 2.05. The zero-order valence-corrected chi connectivity index (χ0v) is 13.2. The summed E-state index contributed by atoms with van der Waals surface area (Å²) in [6, 6.07) is 0. The molecule has 1 N–H and O–H groups in total. The van der Waals surface area contributed by atoms with Gasteiger partial charge in [0, 0.05) is 5.41 Å². The maximum atomic E-state index is 12.4. The molecule has 5 heteroatoms. The molecule has 1 aliphatic heterocycles. The largest absolute Gasteiger partial charge is 0.444 e. The number of nitrogens with zero attached hydrogens (tertiary/aromatic N) is 1. The predicted molar refractivity (Wildman–Crippen MR) is 73.5 cm³/mol. The number of ether oxygens (including phenoxy) is 1. The smallest absolute Gasteiger partial charge is 0.412 e. The molecule has 19 heavy (non-hydrogen) atoms. The number of rotatable bonds is 0. The van der Waals surface area contributed by atoms with E-state index in [4.69, 9.17) is 4.74 Å². The van der Waals surface area contributed by atoms with E-state index in [2.05, 4.69) is 5.32 Å². The quantitative estimate of drug-likeness (QED) is 0.735. The Morgan fingerprint density at radius 3 is 2.05 bits per heavy atom. The summed E-state index contributed by atoms with van der Waals surface area (Å²) in [5, 5.41) is 2.89. The fraction of sp³-hybridized carbons (Fsp3) is 0.857. The van der Waals surface area contributed by atoms with Gasteiger partial charge in [-0.3, -0.25) is 9.69 Å². The highest BCUT2D eigenvalue weighted by Crippen LogP contribution is 2.34. The first-order valence-corrected chi connectivity index (χ1v) is 6.60. The molecule has 1 fully saturated rings. The molecule has 0 radical (unpaired) electrons. The number of amides is 2. The van der Waals surface area contributed by atoms with Crippen LogP contribution in [0.1, 0.15) is 55.4 Å². The monoisotopic (exact) mass is 270 g/mol. The molecule has 0 unspecified atom stereocenters. The van der Waals surface area contributed by atoms with Gasteiger partial charge in [-0.25, -0.2) is 4.79 Å². The lowest BCUT2D eigenvalue weighted by Crippen LogP contribution is -2.55. The second-order valence-electron chi connectivity index (χ2n) is 7.65. The van der Waals surface area contributed by atoms with Crippen molar-refractivity contribution in [2.45, 2.75) is 72.7 Å². The van der Waals surface area contributed by atoms with Gasteiger partial charge >= 0.3 is 6.09 Å². The lowest BCUT2D eigenvalue weighted by atomic mass is 9.91. The molecule has 0 spiro atoms. The van der Waals surface area contributed by atoms with Crippen molar-refractivity contribution in [3.63, 3.8) is 0 Å². The van der Waals surface area contributed by atoms with E-state index in [9.17, 15) is 9.59 Å². The summed E-state index contributed by atoms with van der Waals surface area (Å²) in [5.74, 6) is -0.154. The van der Waals surface area contributed by atoms with Crippen molar-refractivity contribution in [3.8, 4) is 0 Å². The minimum atomic E-state index is -0.902. The summed E-state index contributed by atoms with van der Waals surface area (Å²) in [4.78, 5) is 26.0. The first-order chi connectivity index (χ1) is 8.27. The Hall–Kier alpha value is -1.26. The van der Waals surface area contributed by atoms with Crippen LogP contribution in [-0.2, 0) is 9.53 Å². The van der Waals surface area contributed by atoms with Crippen LogP contribution in [-0.4, -0.2) is 34.2 Å². The first kappa shape index (κ1) is 15.8. The molecule has 1 aliphatic rings. The molecule has 0 aromatic rings. The van der Waals surface area contributed by atoms with Gasteiger partial charge in [0.1, 0.15) is 17.3 Å². The summed E-state index contributed by atoms with van der Waals surface area (Å²) in [5.41, 5.74) is -1.75. The number of hydrogen-bond donors (Lipinski definition) is 1. The standard InChI is InChI=1S/C14H26N2O3/c1-12(2,3)9-15-10(17)14(7,8)16(9)11(18)19-13(4,5)6/h9H,1-8H3,(H,15,17)/t9-/m1/s1. The Morgan fingerprint density at radius 1 is 1.21 bits per heavy atom. The second-order valence-corrected chi connectivity index (χ2v) is 7.65. The Kier molecular flexibility index (Phi) is 3.65. The Morgan fingerprint density at radius 2 is 1.68 bits per heavy atom. The van der Waals surface area contributed by atoms with Crippen molar-refractivity contribution >= 4 is 12.0 Å². The van der Waals surface area contributed by atoms with Crippen molar-refractivity contribution in [1.82, 2.24) is 10.2 Å². The van der Waals surface area contributed by atoms with E-state index in [1.165, 1.54) is 4.90 Å². The molecule has 110 valence electrons. The number of hydrogen-bond acceptors (Lipinski definition) is 3. The van der Waals surface area contributed by atoms with Gasteiger partial charge in [0.25, 0.3) is 0 Å². The maximum Gasteiger partial charge on any atom is 0.412 e. The lowest BCUT2D eigenvalue weighted by Gasteiger charge is -2.39. The highest BCUT2D eigenvalue weighted by atomic mass is 16.6. The van der Waals surface area contributed by atoms with E-state index >= 15 is 0 Å². The zero-order chi connectivity index (χ0) is 15.2. The normalized spacial score (nSPS) is 23.3. The van der Waals surface area contributed by atoms with Crippen LogP contribution in [0, 0.1) is 5.41 Å². The van der Waals surface area contributed by atoms with Crippen LogP contribution in [0.3, 0.4) is 0 Å². The fourth-order valence-corrected chi connectivity index (χ4v) is 2.05. The predicted octanol–water partition coefficient (Wildman–Crippen LogP) is 2.50. The van der Waals surface area contributed by atoms with Crippen molar-refractivity contribution in [2.24, 2.45) is 5.41 Å².